The van der Waals surface area contributed by atoms with E-state index in [9.17, 15) is 4.79 Å². The molecule has 0 spiro atoms. The largest absolute Gasteiger partial charge is 0.481 e. The maximum Gasteiger partial charge on any atom is 0.303 e. The van der Waals surface area contributed by atoms with Crippen LogP contribution >= 0.6 is 0 Å². The third kappa shape index (κ3) is 3.34. The molecule has 2 nitrogen and oxygen atoms in total. The first kappa shape index (κ1) is 13.1. The number of hydrogen-bond donors (Lipinski definition) is 1. The van der Waals surface area contributed by atoms with E-state index in [1.54, 1.807) is 0 Å². The molecule has 1 aromatic rings. The van der Waals surface area contributed by atoms with Gasteiger partial charge in [-0.2, -0.15) is 0 Å². The molecule has 1 saturated carbocycles. The van der Waals surface area contributed by atoms with Crippen LogP contribution in [-0.2, 0) is 4.79 Å². The Morgan fingerprint density at radius 1 is 1.22 bits per heavy atom. The normalized spacial score (nSPS) is 18.5. The van der Waals surface area contributed by atoms with E-state index in [2.05, 4.69) is 24.3 Å². The van der Waals surface area contributed by atoms with E-state index in [4.69, 9.17) is 5.11 Å². The van der Waals surface area contributed by atoms with Crippen LogP contribution in [0.2, 0.25) is 0 Å². The molecule has 1 aliphatic carbocycles. The summed E-state index contributed by atoms with van der Waals surface area (Å²) in [4.78, 5) is 10.7. The molecule has 0 heterocycles. The van der Waals surface area contributed by atoms with Crippen LogP contribution in [0.25, 0.3) is 0 Å². The third-order valence-electron chi connectivity index (χ3n) is 4.06. The van der Waals surface area contributed by atoms with Crippen LogP contribution in [-0.4, -0.2) is 11.1 Å². The molecule has 1 N–H and O–H groups in total. The first-order chi connectivity index (χ1) is 8.66. The molecule has 0 bridgehead atoms. The fourth-order valence-corrected chi connectivity index (χ4v) is 2.91. The summed E-state index contributed by atoms with van der Waals surface area (Å²) >= 11 is 0. The highest BCUT2D eigenvalue weighted by atomic mass is 16.4. The Balaban J connectivity index is 2.02. The van der Waals surface area contributed by atoms with E-state index in [0.29, 0.717) is 0 Å². The molecular weight excluding hydrogens is 224 g/mol. The van der Waals surface area contributed by atoms with Gasteiger partial charge in [0.25, 0.3) is 0 Å². The van der Waals surface area contributed by atoms with Crippen LogP contribution in [0.4, 0.5) is 0 Å². The first-order valence-corrected chi connectivity index (χ1v) is 6.98. The number of carboxylic acid groups (broad SMARTS) is 1. The Bertz CT molecular complexity index is 388. The van der Waals surface area contributed by atoms with Crippen molar-refractivity contribution in [3.63, 3.8) is 0 Å². The van der Waals surface area contributed by atoms with Gasteiger partial charge in [-0.05, 0) is 35.8 Å². The van der Waals surface area contributed by atoms with Crippen LogP contribution < -0.4 is 0 Å². The fraction of sp³-hybridized carbons (Fsp3) is 0.562. The zero-order valence-corrected chi connectivity index (χ0v) is 11.1. The van der Waals surface area contributed by atoms with Crippen molar-refractivity contribution in [2.45, 2.75) is 57.3 Å². The van der Waals surface area contributed by atoms with Crippen LogP contribution in [0.1, 0.15) is 68.4 Å². The predicted molar refractivity (Wildman–Crippen MR) is 72.9 cm³/mol. The molecule has 0 amide bonds. The van der Waals surface area contributed by atoms with Crippen LogP contribution in [0.5, 0.6) is 0 Å². The van der Waals surface area contributed by atoms with Gasteiger partial charge >= 0.3 is 5.97 Å². The van der Waals surface area contributed by atoms with Crippen molar-refractivity contribution in [1.82, 2.24) is 0 Å². The summed E-state index contributed by atoms with van der Waals surface area (Å²) in [6.45, 7) is 1.98. The van der Waals surface area contributed by atoms with E-state index in [1.807, 2.05) is 6.92 Å². The molecule has 1 aliphatic rings. The number of hydrogen-bond acceptors (Lipinski definition) is 1. The summed E-state index contributed by atoms with van der Waals surface area (Å²) < 4.78 is 0. The summed E-state index contributed by atoms with van der Waals surface area (Å²) in [6.07, 6.45) is 6.91. The lowest BCUT2D eigenvalue weighted by Gasteiger charge is -2.22. The van der Waals surface area contributed by atoms with E-state index >= 15 is 0 Å². The van der Waals surface area contributed by atoms with Crippen molar-refractivity contribution in [3.8, 4) is 0 Å². The number of carbonyl (C=O) groups is 1. The Morgan fingerprint density at radius 3 is 2.39 bits per heavy atom. The molecule has 2 heteroatoms. The highest BCUT2D eigenvalue weighted by molar-refractivity contribution is 5.67. The van der Waals surface area contributed by atoms with Gasteiger partial charge in [0.15, 0.2) is 0 Å². The van der Waals surface area contributed by atoms with Gasteiger partial charge in [0.2, 0.25) is 0 Å². The Labute approximate surface area is 109 Å². The van der Waals surface area contributed by atoms with Crippen molar-refractivity contribution in [1.29, 1.82) is 0 Å². The second-order valence-electron chi connectivity index (χ2n) is 5.50. The standard InChI is InChI=1S/C16H22O2/c1-12(11-16(17)18)13-7-9-15(10-8-13)14-5-3-2-4-6-14/h7-10,12,14H,2-6,11H2,1H3,(H,17,18)/t12-/m1/s1. The van der Waals surface area contributed by atoms with E-state index in [1.165, 1.54) is 37.7 Å². The molecule has 0 unspecified atom stereocenters. The van der Waals surface area contributed by atoms with E-state index < -0.39 is 5.97 Å². The Hall–Kier alpha value is -1.31. The maximum absolute atomic E-state index is 10.7. The van der Waals surface area contributed by atoms with Crippen LogP contribution in [0.3, 0.4) is 0 Å². The van der Waals surface area contributed by atoms with Crippen molar-refractivity contribution >= 4 is 5.97 Å². The van der Waals surface area contributed by atoms with Crippen molar-refractivity contribution in [3.05, 3.63) is 35.4 Å². The zero-order valence-electron chi connectivity index (χ0n) is 11.1. The summed E-state index contributed by atoms with van der Waals surface area (Å²) in [7, 11) is 0. The summed E-state index contributed by atoms with van der Waals surface area (Å²) in [5, 5.41) is 8.80. The van der Waals surface area contributed by atoms with Gasteiger partial charge in [-0.1, -0.05) is 50.5 Å². The fourth-order valence-electron chi connectivity index (χ4n) is 2.91. The third-order valence-corrected chi connectivity index (χ3v) is 4.06. The van der Waals surface area contributed by atoms with Gasteiger partial charge < -0.3 is 5.11 Å². The minimum atomic E-state index is -0.723. The highest BCUT2D eigenvalue weighted by Gasteiger charge is 2.16. The molecule has 18 heavy (non-hydrogen) atoms. The minimum absolute atomic E-state index is 0.0999. The topological polar surface area (TPSA) is 37.3 Å². The quantitative estimate of drug-likeness (QED) is 0.859. The average Bonchev–Trinajstić information content (AvgIpc) is 2.39. The molecule has 0 aliphatic heterocycles. The first-order valence-electron chi connectivity index (χ1n) is 6.98. The summed E-state index contributed by atoms with van der Waals surface area (Å²) in [5.41, 5.74) is 2.57. The zero-order chi connectivity index (χ0) is 13.0. The highest BCUT2D eigenvalue weighted by Crippen LogP contribution is 2.33. The van der Waals surface area contributed by atoms with Crippen LogP contribution in [0.15, 0.2) is 24.3 Å². The lowest BCUT2D eigenvalue weighted by Crippen LogP contribution is -2.06. The molecule has 1 aromatic carbocycles. The smallest absolute Gasteiger partial charge is 0.303 e. The van der Waals surface area contributed by atoms with Gasteiger partial charge in [-0.3, -0.25) is 4.79 Å². The van der Waals surface area contributed by atoms with Crippen molar-refractivity contribution < 1.29 is 9.90 Å². The van der Waals surface area contributed by atoms with Crippen molar-refractivity contribution in [2.24, 2.45) is 0 Å². The number of rotatable bonds is 4. The minimum Gasteiger partial charge on any atom is -0.481 e. The average molecular weight is 246 g/mol. The molecule has 2 rings (SSSR count). The monoisotopic (exact) mass is 246 g/mol. The number of benzene rings is 1. The second-order valence-corrected chi connectivity index (χ2v) is 5.50. The summed E-state index contributed by atoms with van der Waals surface area (Å²) in [5.74, 6) is 0.101. The van der Waals surface area contributed by atoms with Gasteiger partial charge in [-0.25, -0.2) is 0 Å². The molecule has 1 fully saturated rings. The van der Waals surface area contributed by atoms with Gasteiger partial charge in [0, 0.05) is 0 Å². The molecule has 1 atom stereocenters. The maximum atomic E-state index is 10.7. The predicted octanol–water partition coefficient (Wildman–Crippen LogP) is 4.31. The van der Waals surface area contributed by atoms with Gasteiger partial charge in [0.1, 0.15) is 0 Å². The lowest BCUT2D eigenvalue weighted by atomic mass is 9.83. The van der Waals surface area contributed by atoms with Gasteiger partial charge in [0.05, 0.1) is 6.42 Å². The Kier molecular flexibility index (Phi) is 4.40. The lowest BCUT2D eigenvalue weighted by molar-refractivity contribution is -0.137. The second kappa shape index (κ2) is 6.03. The van der Waals surface area contributed by atoms with Crippen molar-refractivity contribution in [2.75, 3.05) is 0 Å². The number of aliphatic carboxylic acids is 1. The number of carboxylic acids is 1. The molecule has 98 valence electrons. The SMILES string of the molecule is C[C@H](CC(=O)O)c1ccc(C2CCCCC2)cc1. The molecule has 0 saturated heterocycles. The van der Waals surface area contributed by atoms with Gasteiger partial charge in [-0.15, -0.1) is 0 Å². The van der Waals surface area contributed by atoms with E-state index in [-0.39, 0.29) is 12.3 Å². The Morgan fingerprint density at radius 2 is 1.83 bits per heavy atom. The molecular formula is C16H22O2. The molecule has 0 radical (unpaired) electrons. The van der Waals surface area contributed by atoms with Crippen LogP contribution in [0, 0.1) is 0 Å². The summed E-state index contributed by atoms with van der Waals surface area (Å²) in [6, 6.07) is 8.61. The van der Waals surface area contributed by atoms with E-state index in [0.717, 1.165) is 11.5 Å². The molecule has 0 aromatic heterocycles.